The van der Waals surface area contributed by atoms with E-state index in [-0.39, 0.29) is 13.0 Å². The Morgan fingerprint density at radius 3 is 2.27 bits per heavy atom. The third kappa shape index (κ3) is 4.11. The molecule has 0 aromatic heterocycles. The summed E-state index contributed by atoms with van der Waals surface area (Å²) in [6.45, 7) is 1.70. The van der Waals surface area contributed by atoms with Crippen LogP contribution < -0.4 is 20.7 Å². The highest BCUT2D eigenvalue weighted by Crippen LogP contribution is 2.46. The fraction of sp³-hybridized carbons (Fsp3) is 0.727. The van der Waals surface area contributed by atoms with Gasteiger partial charge in [-0.15, -0.1) is 0 Å². The van der Waals surface area contributed by atoms with Gasteiger partial charge in [0.25, 0.3) is 0 Å². The van der Waals surface area contributed by atoms with Crippen LogP contribution in [0.2, 0.25) is 0 Å². The Morgan fingerprint density at radius 2 is 1.67 bits per heavy atom. The van der Waals surface area contributed by atoms with E-state index >= 15 is 0 Å². The molecule has 4 rings (SSSR count). The molecule has 1 saturated carbocycles. The van der Waals surface area contributed by atoms with Gasteiger partial charge in [0, 0.05) is 18.7 Å². The molecule has 186 valence electrons. The Morgan fingerprint density at radius 1 is 1.00 bits per heavy atom. The number of likely N-dealkylation sites (N-methyl/N-ethyl adjacent to an activating group) is 2. The van der Waals surface area contributed by atoms with E-state index in [0.717, 1.165) is 0 Å². The summed E-state index contributed by atoms with van der Waals surface area (Å²) in [5, 5.41) is 53.9. The number of hydrogen-bond donors (Lipinski definition) is 7. The topological polar surface area (TPSA) is 154 Å². The third-order valence-electron chi connectivity index (χ3n) is 7.02. The molecule has 1 unspecified atom stereocenters. The second-order valence-electron chi connectivity index (χ2n) is 9.09. The van der Waals surface area contributed by atoms with Crippen molar-refractivity contribution in [3.05, 3.63) is 24.3 Å². The first-order chi connectivity index (χ1) is 15.7. The average Bonchev–Trinajstić information content (AvgIpc) is 2.79. The van der Waals surface area contributed by atoms with Gasteiger partial charge in [-0.3, -0.25) is 0 Å². The monoisotopic (exact) mass is 469 g/mol. The van der Waals surface area contributed by atoms with Gasteiger partial charge in [-0.25, -0.2) is 0 Å². The Labute approximate surface area is 193 Å². The first kappa shape index (κ1) is 24.6. The molecule has 7 N–H and O–H groups in total. The first-order valence-electron chi connectivity index (χ1n) is 11.2. The zero-order chi connectivity index (χ0) is 24.0. The normalized spacial score (nSPS) is 45.1. The molecular weight excluding hydrogens is 434 g/mol. The van der Waals surface area contributed by atoms with Gasteiger partial charge >= 0.3 is 0 Å². The molecule has 2 saturated heterocycles. The number of fused-ring (bicyclic) bond motifs is 2. The smallest absolute Gasteiger partial charge is 0.250 e. The van der Waals surface area contributed by atoms with Crippen LogP contribution in [0.1, 0.15) is 13.3 Å². The van der Waals surface area contributed by atoms with Gasteiger partial charge in [-0.2, -0.15) is 0 Å². The van der Waals surface area contributed by atoms with Crippen molar-refractivity contribution in [3.63, 3.8) is 0 Å². The summed E-state index contributed by atoms with van der Waals surface area (Å²) in [4.78, 5) is 0. The summed E-state index contributed by atoms with van der Waals surface area (Å²) in [5.41, 5.74) is -1.08. The fourth-order valence-electron chi connectivity index (χ4n) is 5.19. The SMILES string of the molecule is CN[C@@H]1[C@H](O)[C@H](NC)C2O[C@]3(O)[C@@H](O[C@H](C)C[C@@]3(O)CNc3ccc(OC)cc3)O[C@@H]2[C@H]1O. The van der Waals surface area contributed by atoms with E-state index in [1.54, 1.807) is 52.4 Å². The van der Waals surface area contributed by atoms with Crippen LogP contribution in [0.3, 0.4) is 0 Å². The maximum atomic E-state index is 11.7. The molecule has 0 amide bonds. The number of aliphatic hydroxyl groups is 4. The predicted molar refractivity (Wildman–Crippen MR) is 118 cm³/mol. The van der Waals surface area contributed by atoms with Crippen LogP contribution in [0.15, 0.2) is 24.3 Å². The number of hydrogen-bond acceptors (Lipinski definition) is 11. The number of ether oxygens (including phenoxy) is 4. The molecule has 2 aliphatic heterocycles. The summed E-state index contributed by atoms with van der Waals surface area (Å²) >= 11 is 0. The van der Waals surface area contributed by atoms with Gasteiger partial charge < -0.3 is 55.3 Å². The zero-order valence-corrected chi connectivity index (χ0v) is 19.3. The molecule has 33 heavy (non-hydrogen) atoms. The van der Waals surface area contributed by atoms with Crippen molar-refractivity contribution in [3.8, 4) is 5.75 Å². The quantitative estimate of drug-likeness (QED) is 0.257. The van der Waals surface area contributed by atoms with Crippen LogP contribution in [-0.4, -0.2) is 108 Å². The fourth-order valence-corrected chi connectivity index (χ4v) is 5.19. The molecule has 1 aromatic rings. The number of benzene rings is 1. The van der Waals surface area contributed by atoms with E-state index in [4.69, 9.17) is 18.9 Å². The second-order valence-corrected chi connectivity index (χ2v) is 9.09. The van der Waals surface area contributed by atoms with Crippen molar-refractivity contribution >= 4 is 5.69 Å². The summed E-state index contributed by atoms with van der Waals surface area (Å²) in [6.07, 6.45) is -5.74. The molecule has 11 heteroatoms. The van der Waals surface area contributed by atoms with E-state index in [1.165, 1.54) is 0 Å². The van der Waals surface area contributed by atoms with Crippen molar-refractivity contribution in [2.45, 2.75) is 73.6 Å². The van der Waals surface area contributed by atoms with Crippen molar-refractivity contribution in [1.29, 1.82) is 0 Å². The standard InChI is InChI=1S/C22H35N3O8/c1-11-9-21(28,10-25-12-5-7-13(30-4)8-6-12)22(29)20(31-11)32-19-17(27)14(23-2)16(26)15(24-3)18(19)33-22/h5-8,11,14-20,23-29H,9-10H2,1-4H3/t11-,14-,15+,16+,17+,18?,19-,20+,21-,22-/m1/s1. The molecule has 1 aromatic carbocycles. The third-order valence-corrected chi connectivity index (χ3v) is 7.02. The largest absolute Gasteiger partial charge is 0.497 e. The van der Waals surface area contributed by atoms with Gasteiger partial charge in [-0.05, 0) is 45.3 Å². The van der Waals surface area contributed by atoms with Crippen molar-refractivity contribution in [1.82, 2.24) is 10.6 Å². The van der Waals surface area contributed by atoms with Crippen LogP contribution in [0.5, 0.6) is 5.75 Å². The highest BCUT2D eigenvalue weighted by atomic mass is 16.8. The molecule has 11 nitrogen and oxygen atoms in total. The minimum absolute atomic E-state index is 0.0603. The van der Waals surface area contributed by atoms with Gasteiger partial charge in [0.15, 0.2) is 0 Å². The maximum Gasteiger partial charge on any atom is 0.250 e. The van der Waals surface area contributed by atoms with Crippen molar-refractivity contribution < 1.29 is 39.4 Å². The summed E-state index contributed by atoms with van der Waals surface area (Å²) in [5.74, 6) is -1.55. The number of methoxy groups -OCH3 is 1. The Balaban J connectivity index is 1.60. The number of nitrogens with one attached hydrogen (secondary N) is 3. The molecular formula is C22H35N3O8. The lowest BCUT2D eigenvalue weighted by Gasteiger charge is -2.60. The Bertz CT molecular complexity index is 815. The lowest BCUT2D eigenvalue weighted by molar-refractivity contribution is -0.481. The lowest BCUT2D eigenvalue weighted by Crippen LogP contribution is -2.81. The van der Waals surface area contributed by atoms with Crippen molar-refractivity contribution in [2.24, 2.45) is 0 Å². The highest BCUT2D eigenvalue weighted by molar-refractivity contribution is 5.46. The molecule has 10 atom stereocenters. The molecule has 0 radical (unpaired) electrons. The average molecular weight is 470 g/mol. The van der Waals surface area contributed by atoms with Gasteiger partial charge in [0.05, 0.1) is 31.4 Å². The number of anilines is 1. The van der Waals surface area contributed by atoms with Crippen molar-refractivity contribution in [2.75, 3.05) is 33.1 Å². The van der Waals surface area contributed by atoms with Crippen LogP contribution in [-0.2, 0) is 14.2 Å². The number of aliphatic hydroxyl groups excluding tert-OH is 2. The van der Waals surface area contributed by atoms with Crippen LogP contribution in [0.25, 0.3) is 0 Å². The van der Waals surface area contributed by atoms with Gasteiger partial charge in [0.2, 0.25) is 12.1 Å². The number of rotatable bonds is 6. The predicted octanol–water partition coefficient (Wildman–Crippen LogP) is -1.64. The van der Waals surface area contributed by atoms with E-state index in [2.05, 4.69) is 16.0 Å². The van der Waals surface area contributed by atoms with E-state index in [1.807, 2.05) is 0 Å². The minimum Gasteiger partial charge on any atom is -0.497 e. The Hall–Kier alpha value is -1.54. The van der Waals surface area contributed by atoms with Gasteiger partial charge in [0.1, 0.15) is 29.7 Å². The minimum atomic E-state index is -2.25. The maximum absolute atomic E-state index is 11.7. The van der Waals surface area contributed by atoms with E-state index in [9.17, 15) is 20.4 Å². The van der Waals surface area contributed by atoms with E-state index < -0.39 is 60.3 Å². The summed E-state index contributed by atoms with van der Waals surface area (Å²) in [6, 6.07) is 5.78. The molecule has 0 spiro atoms. The first-order valence-corrected chi connectivity index (χ1v) is 11.2. The summed E-state index contributed by atoms with van der Waals surface area (Å²) in [7, 11) is 4.85. The molecule has 2 heterocycles. The molecule has 3 aliphatic rings. The highest BCUT2D eigenvalue weighted by Gasteiger charge is 2.68. The van der Waals surface area contributed by atoms with E-state index in [0.29, 0.717) is 11.4 Å². The van der Waals surface area contributed by atoms with Crippen LogP contribution >= 0.6 is 0 Å². The summed E-state index contributed by atoms with van der Waals surface area (Å²) < 4.78 is 23.1. The molecule has 3 fully saturated rings. The second kappa shape index (κ2) is 9.25. The molecule has 1 aliphatic carbocycles. The van der Waals surface area contributed by atoms with Crippen LogP contribution in [0.4, 0.5) is 5.69 Å². The lowest BCUT2D eigenvalue weighted by atomic mass is 9.77. The van der Waals surface area contributed by atoms with Gasteiger partial charge in [-0.1, -0.05) is 0 Å². The molecule has 0 bridgehead atoms. The zero-order valence-electron chi connectivity index (χ0n) is 19.3. The Kier molecular flexibility index (Phi) is 6.89. The van der Waals surface area contributed by atoms with Crippen LogP contribution in [0, 0.1) is 0 Å².